The Morgan fingerprint density at radius 3 is 2.64 bits per heavy atom. The smallest absolute Gasteiger partial charge is 0.246 e. The van der Waals surface area contributed by atoms with Crippen molar-refractivity contribution in [2.24, 2.45) is 0 Å². The molecule has 1 saturated heterocycles. The quantitative estimate of drug-likeness (QED) is 0.527. The van der Waals surface area contributed by atoms with Crippen molar-refractivity contribution in [2.45, 2.75) is 38.8 Å². The Morgan fingerprint density at radius 1 is 1.12 bits per heavy atom. The number of amides is 2. The highest BCUT2D eigenvalue weighted by atomic mass is 16.5. The van der Waals surface area contributed by atoms with Crippen LogP contribution < -0.4 is 4.74 Å². The van der Waals surface area contributed by atoms with E-state index in [1.807, 2.05) is 54.6 Å². The molecule has 1 aromatic heterocycles. The minimum Gasteiger partial charge on any atom is -0.497 e. The molecule has 1 fully saturated rings. The number of piperazine rings is 1. The number of methoxy groups -OCH3 is 1. The molecular formula is C25H28N4O4. The lowest BCUT2D eigenvalue weighted by atomic mass is 10.0. The van der Waals surface area contributed by atoms with Crippen LogP contribution in [-0.4, -0.2) is 58.0 Å². The maximum atomic E-state index is 13.4. The summed E-state index contributed by atoms with van der Waals surface area (Å²) >= 11 is 0. The van der Waals surface area contributed by atoms with Crippen molar-refractivity contribution in [3.8, 4) is 5.75 Å². The Balaban J connectivity index is 1.48. The second kappa shape index (κ2) is 10.3. The summed E-state index contributed by atoms with van der Waals surface area (Å²) in [6.45, 7) is 3.19. The van der Waals surface area contributed by atoms with E-state index >= 15 is 0 Å². The van der Waals surface area contributed by atoms with Crippen molar-refractivity contribution in [2.75, 3.05) is 20.2 Å². The molecule has 8 heteroatoms. The monoisotopic (exact) mass is 448 g/mol. The minimum atomic E-state index is -0.667. The molecule has 33 heavy (non-hydrogen) atoms. The van der Waals surface area contributed by atoms with Gasteiger partial charge < -0.3 is 19.1 Å². The fraction of sp³-hybridized carbons (Fsp3) is 0.360. The number of carbonyl (C=O) groups excluding carboxylic acids is 2. The van der Waals surface area contributed by atoms with Crippen LogP contribution in [0.25, 0.3) is 0 Å². The summed E-state index contributed by atoms with van der Waals surface area (Å²) in [6.07, 6.45) is 1.08. The van der Waals surface area contributed by atoms with Gasteiger partial charge in [-0.25, -0.2) is 0 Å². The van der Waals surface area contributed by atoms with Crippen molar-refractivity contribution >= 4 is 11.8 Å². The minimum absolute atomic E-state index is 0.0632. The molecular weight excluding hydrogens is 420 g/mol. The van der Waals surface area contributed by atoms with Gasteiger partial charge in [-0.2, -0.15) is 4.98 Å². The average Bonchev–Trinajstić information content (AvgIpc) is 3.25. The third-order valence-electron chi connectivity index (χ3n) is 5.82. The Morgan fingerprint density at radius 2 is 1.91 bits per heavy atom. The summed E-state index contributed by atoms with van der Waals surface area (Å²) in [5.74, 6) is 1.46. The topological polar surface area (TPSA) is 88.8 Å². The standard InChI is InChI=1S/C25H28N4O4/c1-18-26-23(33-27-18)16-22-25(31)28(17-20-7-4-3-5-8-20)13-14-29(22)24(30)12-11-19-9-6-10-21(15-19)32-2/h3-10,15,22H,11-14,16-17H2,1-2H3. The van der Waals surface area contributed by atoms with Crippen molar-refractivity contribution in [3.63, 3.8) is 0 Å². The average molecular weight is 449 g/mol. The van der Waals surface area contributed by atoms with Crippen LogP contribution in [0.2, 0.25) is 0 Å². The third kappa shape index (κ3) is 5.58. The summed E-state index contributed by atoms with van der Waals surface area (Å²) in [5.41, 5.74) is 2.07. The van der Waals surface area contributed by atoms with Crippen LogP contribution in [0.15, 0.2) is 59.1 Å². The highest BCUT2D eigenvalue weighted by Crippen LogP contribution is 2.21. The van der Waals surface area contributed by atoms with Crippen LogP contribution in [0.1, 0.15) is 29.3 Å². The van der Waals surface area contributed by atoms with Crippen LogP contribution in [0.4, 0.5) is 0 Å². The Kier molecular flexibility index (Phi) is 7.02. The van der Waals surface area contributed by atoms with E-state index in [0.29, 0.717) is 44.2 Å². The van der Waals surface area contributed by atoms with E-state index in [9.17, 15) is 9.59 Å². The van der Waals surface area contributed by atoms with Gasteiger partial charge in [-0.15, -0.1) is 0 Å². The van der Waals surface area contributed by atoms with Crippen LogP contribution in [0.5, 0.6) is 5.75 Å². The van der Waals surface area contributed by atoms with Gasteiger partial charge in [0.15, 0.2) is 5.82 Å². The van der Waals surface area contributed by atoms with Gasteiger partial charge in [0.25, 0.3) is 0 Å². The van der Waals surface area contributed by atoms with Gasteiger partial charge in [0.2, 0.25) is 17.7 Å². The molecule has 1 unspecified atom stereocenters. The van der Waals surface area contributed by atoms with Crippen molar-refractivity contribution in [1.82, 2.24) is 19.9 Å². The van der Waals surface area contributed by atoms with Gasteiger partial charge in [-0.3, -0.25) is 9.59 Å². The number of nitrogens with zero attached hydrogens (tertiary/aromatic N) is 4. The first-order valence-electron chi connectivity index (χ1n) is 11.1. The zero-order chi connectivity index (χ0) is 23.2. The predicted octanol–water partition coefficient (Wildman–Crippen LogP) is 2.80. The summed E-state index contributed by atoms with van der Waals surface area (Å²) in [4.78, 5) is 34.4. The first kappa shape index (κ1) is 22.5. The Labute approximate surface area is 193 Å². The molecule has 1 aliphatic heterocycles. The van der Waals surface area contributed by atoms with Gasteiger partial charge in [0.05, 0.1) is 13.5 Å². The van der Waals surface area contributed by atoms with Gasteiger partial charge in [-0.05, 0) is 36.6 Å². The highest BCUT2D eigenvalue weighted by molar-refractivity contribution is 5.89. The van der Waals surface area contributed by atoms with Crippen molar-refractivity contribution in [1.29, 1.82) is 0 Å². The second-order valence-electron chi connectivity index (χ2n) is 8.14. The summed E-state index contributed by atoms with van der Waals surface area (Å²) < 4.78 is 10.5. The normalized spacial score (nSPS) is 16.2. The lowest BCUT2D eigenvalue weighted by Crippen LogP contribution is -2.59. The molecule has 1 atom stereocenters. The SMILES string of the molecule is COc1cccc(CCC(=O)N2CCN(Cc3ccccc3)C(=O)C2Cc2nc(C)no2)c1. The first-order chi connectivity index (χ1) is 16.0. The maximum Gasteiger partial charge on any atom is 0.246 e. The number of benzene rings is 2. The van der Waals surface area contributed by atoms with E-state index in [1.165, 1.54) is 0 Å². The number of hydrogen-bond acceptors (Lipinski definition) is 6. The van der Waals surface area contributed by atoms with Crippen LogP contribution >= 0.6 is 0 Å². The molecule has 1 aliphatic rings. The van der Waals surface area contributed by atoms with E-state index in [0.717, 1.165) is 16.9 Å². The first-order valence-corrected chi connectivity index (χ1v) is 11.1. The van der Waals surface area contributed by atoms with Gasteiger partial charge >= 0.3 is 0 Å². The Hall–Kier alpha value is -3.68. The fourth-order valence-electron chi connectivity index (χ4n) is 4.11. The number of carbonyl (C=O) groups is 2. The summed E-state index contributed by atoms with van der Waals surface area (Å²) in [7, 11) is 1.62. The van der Waals surface area contributed by atoms with E-state index in [-0.39, 0.29) is 18.2 Å². The highest BCUT2D eigenvalue weighted by Gasteiger charge is 2.38. The third-order valence-corrected chi connectivity index (χ3v) is 5.82. The van der Waals surface area contributed by atoms with Crippen LogP contribution in [0.3, 0.4) is 0 Å². The summed E-state index contributed by atoms with van der Waals surface area (Å²) in [6, 6.07) is 16.9. The lowest BCUT2D eigenvalue weighted by molar-refractivity contribution is -0.152. The molecule has 2 aromatic carbocycles. The van der Waals surface area contributed by atoms with E-state index in [1.54, 1.807) is 23.8 Å². The van der Waals surface area contributed by atoms with Crippen molar-refractivity contribution < 1.29 is 18.8 Å². The molecule has 8 nitrogen and oxygen atoms in total. The molecule has 0 aliphatic carbocycles. The predicted molar refractivity (Wildman–Crippen MR) is 121 cm³/mol. The zero-order valence-corrected chi connectivity index (χ0v) is 18.9. The van der Waals surface area contributed by atoms with Crippen molar-refractivity contribution in [3.05, 3.63) is 77.4 Å². The van der Waals surface area contributed by atoms with Gasteiger partial charge in [-0.1, -0.05) is 47.6 Å². The second-order valence-corrected chi connectivity index (χ2v) is 8.14. The number of rotatable bonds is 8. The van der Waals surface area contributed by atoms with Gasteiger partial charge in [0.1, 0.15) is 11.8 Å². The van der Waals surface area contributed by atoms with E-state index < -0.39 is 6.04 Å². The molecule has 0 saturated carbocycles. The molecule has 0 spiro atoms. The number of aromatic nitrogens is 2. The molecule has 0 radical (unpaired) electrons. The zero-order valence-electron chi connectivity index (χ0n) is 18.9. The number of aryl methyl sites for hydroxylation is 2. The molecule has 172 valence electrons. The molecule has 0 N–H and O–H groups in total. The fourth-order valence-corrected chi connectivity index (χ4v) is 4.11. The maximum absolute atomic E-state index is 13.4. The van der Waals surface area contributed by atoms with E-state index in [2.05, 4.69) is 10.1 Å². The largest absolute Gasteiger partial charge is 0.497 e. The number of hydrogen-bond donors (Lipinski definition) is 0. The molecule has 0 bridgehead atoms. The van der Waals surface area contributed by atoms with Gasteiger partial charge in [0, 0.05) is 26.1 Å². The van der Waals surface area contributed by atoms with Crippen LogP contribution in [0, 0.1) is 6.92 Å². The lowest BCUT2D eigenvalue weighted by Gasteiger charge is -2.40. The molecule has 2 heterocycles. The molecule has 4 rings (SSSR count). The van der Waals surface area contributed by atoms with Crippen LogP contribution in [-0.2, 0) is 29.0 Å². The number of ether oxygens (including phenoxy) is 1. The summed E-state index contributed by atoms with van der Waals surface area (Å²) in [5, 5.41) is 3.83. The Bertz CT molecular complexity index is 1100. The molecule has 2 amide bonds. The van der Waals surface area contributed by atoms with E-state index in [4.69, 9.17) is 9.26 Å². The molecule has 3 aromatic rings.